The highest BCUT2D eigenvalue weighted by molar-refractivity contribution is 6.06. The summed E-state index contributed by atoms with van der Waals surface area (Å²) in [6.45, 7) is 2.46. The summed E-state index contributed by atoms with van der Waals surface area (Å²) in [4.78, 5) is 11.4. The lowest BCUT2D eigenvalue weighted by atomic mass is 10.1. The van der Waals surface area contributed by atoms with Crippen molar-refractivity contribution in [1.82, 2.24) is 15.5 Å². The van der Waals surface area contributed by atoms with Crippen LogP contribution in [0.3, 0.4) is 0 Å². The van der Waals surface area contributed by atoms with Crippen LogP contribution < -0.4 is 16.0 Å². The number of benzene rings is 1. The zero-order chi connectivity index (χ0) is 15.9. The number of hydrogen-bond acceptors (Lipinski definition) is 5. The normalized spacial score (nSPS) is 23.8. The predicted molar refractivity (Wildman–Crippen MR) is 92.4 cm³/mol. The third kappa shape index (κ3) is 4.43. The first-order chi connectivity index (χ1) is 11.3. The highest BCUT2D eigenvalue weighted by atomic mass is 16.3. The Labute approximate surface area is 136 Å². The van der Waals surface area contributed by atoms with Gasteiger partial charge in [-0.2, -0.15) is 0 Å². The van der Waals surface area contributed by atoms with E-state index in [2.05, 4.69) is 25.8 Å². The van der Waals surface area contributed by atoms with E-state index in [0.717, 1.165) is 18.8 Å². The average Bonchev–Trinajstić information content (AvgIpc) is 2.61. The number of aliphatic hydroxyl groups is 1. The van der Waals surface area contributed by atoms with Crippen LogP contribution in [0.15, 0.2) is 40.3 Å². The molecule has 0 radical (unpaired) electrons. The fraction of sp³-hybridized carbons (Fsp3) is 0.500. The monoisotopic (exact) mass is 316 g/mol. The molecule has 2 heterocycles. The molecule has 2 aliphatic rings. The maximum atomic E-state index is 8.99. The molecule has 0 saturated carbocycles. The Kier molecular flexibility index (Phi) is 5.44. The third-order valence-corrected chi connectivity index (χ3v) is 3.90. The molecule has 0 amide bonds. The van der Waals surface area contributed by atoms with Gasteiger partial charge in [-0.3, -0.25) is 15.2 Å². The van der Waals surface area contributed by atoms with Crippen LogP contribution in [0.2, 0.25) is 0 Å². The molecule has 1 saturated heterocycles. The Bertz CT molecular complexity index is 553. The van der Waals surface area contributed by atoms with Gasteiger partial charge in [0.15, 0.2) is 6.29 Å². The molecule has 1 atom stereocenters. The van der Waals surface area contributed by atoms with Gasteiger partial charge in [-0.25, -0.2) is 4.99 Å². The summed E-state index contributed by atoms with van der Waals surface area (Å²) in [6.07, 6.45) is 3.56. The lowest BCUT2D eigenvalue weighted by Crippen LogP contribution is -2.59. The topological polar surface area (TPSA) is 84.3 Å². The van der Waals surface area contributed by atoms with Crippen molar-refractivity contribution in [2.24, 2.45) is 9.98 Å². The summed E-state index contributed by atoms with van der Waals surface area (Å²) < 4.78 is 0. The minimum Gasteiger partial charge on any atom is -0.394 e. The number of para-hydroxylation sites is 1. The van der Waals surface area contributed by atoms with Crippen LogP contribution in [0.5, 0.6) is 0 Å². The molecule has 0 spiro atoms. The molecule has 0 aromatic heterocycles. The molecular weight excluding hydrogens is 292 g/mol. The van der Waals surface area contributed by atoms with Crippen molar-refractivity contribution in [1.29, 1.82) is 0 Å². The lowest BCUT2D eigenvalue weighted by molar-refractivity contribution is 0.154. The maximum absolute atomic E-state index is 8.99. The second kappa shape index (κ2) is 7.94. The number of guanidine groups is 2. The van der Waals surface area contributed by atoms with Gasteiger partial charge in [-0.1, -0.05) is 24.6 Å². The van der Waals surface area contributed by atoms with E-state index in [0.29, 0.717) is 18.5 Å². The number of aliphatic hydroxyl groups excluding tert-OH is 1. The maximum Gasteiger partial charge on any atom is 0.205 e. The summed E-state index contributed by atoms with van der Waals surface area (Å²) in [5.41, 5.74) is 0.972. The van der Waals surface area contributed by atoms with E-state index in [1.165, 1.54) is 19.3 Å². The van der Waals surface area contributed by atoms with Crippen LogP contribution in [0, 0.1) is 0 Å². The summed E-state index contributed by atoms with van der Waals surface area (Å²) in [7, 11) is 0. The van der Waals surface area contributed by atoms with Gasteiger partial charge in [0.2, 0.25) is 11.9 Å². The van der Waals surface area contributed by atoms with E-state index in [9.17, 15) is 0 Å². The highest BCUT2D eigenvalue weighted by Gasteiger charge is 2.25. The van der Waals surface area contributed by atoms with Crippen molar-refractivity contribution in [3.8, 4) is 0 Å². The number of likely N-dealkylation sites (tertiary alicyclic amines) is 1. The van der Waals surface area contributed by atoms with Crippen LogP contribution >= 0.6 is 0 Å². The fourth-order valence-corrected chi connectivity index (χ4v) is 2.76. The molecule has 124 valence electrons. The van der Waals surface area contributed by atoms with Gasteiger partial charge in [-0.15, -0.1) is 0 Å². The molecule has 4 N–H and O–H groups in total. The van der Waals surface area contributed by atoms with Gasteiger partial charge >= 0.3 is 0 Å². The molecule has 0 aliphatic carbocycles. The van der Waals surface area contributed by atoms with Gasteiger partial charge in [0.1, 0.15) is 0 Å². The van der Waals surface area contributed by atoms with Crippen molar-refractivity contribution in [3.05, 3.63) is 30.3 Å². The molecule has 0 bridgehead atoms. The molecule has 23 heavy (non-hydrogen) atoms. The number of rotatable bonds is 4. The minimum absolute atomic E-state index is 0.0276. The predicted octanol–water partition coefficient (Wildman–Crippen LogP) is 0.765. The fourth-order valence-electron chi connectivity index (χ4n) is 2.76. The van der Waals surface area contributed by atoms with Crippen LogP contribution in [-0.2, 0) is 0 Å². The molecule has 7 heteroatoms. The van der Waals surface area contributed by atoms with Crippen molar-refractivity contribution in [2.75, 3.05) is 31.6 Å². The van der Waals surface area contributed by atoms with Gasteiger partial charge in [0.05, 0.1) is 13.2 Å². The number of aliphatic imine (C=N–C) groups is 2. The van der Waals surface area contributed by atoms with Crippen molar-refractivity contribution >= 4 is 17.6 Å². The molecule has 1 fully saturated rings. The molecule has 1 unspecified atom stereocenters. The van der Waals surface area contributed by atoms with E-state index in [1.54, 1.807) is 0 Å². The van der Waals surface area contributed by atoms with Crippen molar-refractivity contribution in [3.63, 3.8) is 0 Å². The Morgan fingerprint density at radius 1 is 1.22 bits per heavy atom. The third-order valence-electron chi connectivity index (χ3n) is 3.90. The van der Waals surface area contributed by atoms with Crippen LogP contribution in [0.4, 0.5) is 5.69 Å². The summed E-state index contributed by atoms with van der Waals surface area (Å²) >= 11 is 0. The molecular formula is C16H24N6O. The first-order valence-corrected chi connectivity index (χ1v) is 8.18. The number of nitrogens with zero attached hydrogens (tertiary/aromatic N) is 3. The Balaban J connectivity index is 1.75. The molecule has 1 aromatic carbocycles. The minimum atomic E-state index is -0.125. The second-order valence-corrected chi connectivity index (χ2v) is 5.66. The summed E-state index contributed by atoms with van der Waals surface area (Å²) in [5, 5.41) is 18.7. The number of piperidine rings is 1. The quantitative estimate of drug-likeness (QED) is 0.659. The van der Waals surface area contributed by atoms with Gasteiger partial charge in [0, 0.05) is 18.8 Å². The van der Waals surface area contributed by atoms with Crippen LogP contribution in [-0.4, -0.2) is 54.5 Å². The number of anilines is 1. The van der Waals surface area contributed by atoms with Crippen molar-refractivity contribution in [2.45, 2.75) is 25.6 Å². The standard InChI is InChI=1S/C16H24N6O/c23-12-9-17-14-19-15(18-13-7-3-1-4-8-13)21-16(20-14)22-10-5-2-6-11-22/h1,3-4,7-8,16,23H,2,5-6,9-12H2,(H3,17,18,19,20,21). The zero-order valence-electron chi connectivity index (χ0n) is 13.2. The summed E-state index contributed by atoms with van der Waals surface area (Å²) in [5.74, 6) is 1.31. The lowest BCUT2D eigenvalue weighted by Gasteiger charge is -2.36. The second-order valence-electron chi connectivity index (χ2n) is 5.66. The van der Waals surface area contributed by atoms with Crippen LogP contribution in [0.25, 0.3) is 0 Å². The van der Waals surface area contributed by atoms with Gasteiger partial charge in [-0.05, 0) is 25.0 Å². The smallest absolute Gasteiger partial charge is 0.205 e. The molecule has 1 aromatic rings. The van der Waals surface area contributed by atoms with E-state index < -0.39 is 0 Å². The van der Waals surface area contributed by atoms with E-state index in [4.69, 9.17) is 10.1 Å². The molecule has 2 aliphatic heterocycles. The van der Waals surface area contributed by atoms with Gasteiger partial charge in [0.25, 0.3) is 0 Å². The van der Waals surface area contributed by atoms with E-state index in [1.807, 2.05) is 30.3 Å². The zero-order valence-corrected chi connectivity index (χ0v) is 13.2. The van der Waals surface area contributed by atoms with Crippen LogP contribution in [0.1, 0.15) is 19.3 Å². The SMILES string of the molecule is OCCN=C1NC(Nc2ccccc2)=NC(N2CCCCC2)N1. The van der Waals surface area contributed by atoms with E-state index in [-0.39, 0.29) is 12.9 Å². The van der Waals surface area contributed by atoms with E-state index >= 15 is 0 Å². The molecule has 3 rings (SSSR count). The first-order valence-electron chi connectivity index (χ1n) is 8.18. The Morgan fingerprint density at radius 2 is 2.00 bits per heavy atom. The Hall–Kier alpha value is -2.12. The largest absolute Gasteiger partial charge is 0.394 e. The van der Waals surface area contributed by atoms with Gasteiger partial charge < -0.3 is 15.7 Å². The van der Waals surface area contributed by atoms with Crippen molar-refractivity contribution < 1.29 is 5.11 Å². The summed E-state index contributed by atoms with van der Waals surface area (Å²) in [6, 6.07) is 9.92. The number of hydrogen-bond donors (Lipinski definition) is 4. The average molecular weight is 316 g/mol. The highest BCUT2D eigenvalue weighted by Crippen LogP contribution is 2.13. The molecule has 7 nitrogen and oxygen atoms in total. The Morgan fingerprint density at radius 3 is 2.74 bits per heavy atom. The number of nitrogens with one attached hydrogen (secondary N) is 3. The first kappa shape index (κ1) is 15.8.